The molecule has 0 aromatic carbocycles. The van der Waals surface area contributed by atoms with Crippen LogP contribution in [0.2, 0.25) is 0 Å². The standard InChI is InChI=1S/C8H20N2O3S.C2H6.H2O.2H2/c1-2-14(11)10-4-6-13-8-7-12-5-3-9;1-2;;;/h10H,2-9H2,1H3;1-2H3;1H2;2*1H. The zero-order valence-corrected chi connectivity index (χ0v) is 12.0. The second-order valence-electron chi connectivity index (χ2n) is 2.54. The van der Waals surface area contributed by atoms with Gasteiger partial charge in [0.25, 0.3) is 0 Å². The zero-order valence-electron chi connectivity index (χ0n) is 11.2. The fourth-order valence-corrected chi connectivity index (χ4v) is 1.25. The van der Waals surface area contributed by atoms with Gasteiger partial charge in [0.15, 0.2) is 0 Å². The van der Waals surface area contributed by atoms with Gasteiger partial charge in [0.2, 0.25) is 0 Å². The first kappa shape index (κ1) is 22.2. The second-order valence-corrected chi connectivity index (χ2v) is 4.10. The summed E-state index contributed by atoms with van der Waals surface area (Å²) in [6, 6.07) is 0. The minimum absolute atomic E-state index is 0. The van der Waals surface area contributed by atoms with Crippen molar-refractivity contribution in [2.45, 2.75) is 20.8 Å². The van der Waals surface area contributed by atoms with Crippen LogP contribution in [0.4, 0.5) is 0 Å². The van der Waals surface area contributed by atoms with Gasteiger partial charge in [-0.1, -0.05) is 20.8 Å². The van der Waals surface area contributed by atoms with Gasteiger partial charge in [-0.2, -0.15) is 0 Å². The molecule has 0 heterocycles. The molecule has 0 saturated heterocycles. The first-order valence-electron chi connectivity index (χ1n) is 5.78. The van der Waals surface area contributed by atoms with E-state index in [0.717, 1.165) is 0 Å². The maximum absolute atomic E-state index is 10.9. The van der Waals surface area contributed by atoms with E-state index in [9.17, 15) is 4.21 Å². The van der Waals surface area contributed by atoms with Gasteiger partial charge in [0.1, 0.15) is 0 Å². The summed E-state index contributed by atoms with van der Waals surface area (Å²) in [6.07, 6.45) is 0. The van der Waals surface area contributed by atoms with Gasteiger partial charge >= 0.3 is 0 Å². The quantitative estimate of drug-likeness (QED) is 0.545. The first-order chi connectivity index (χ1) is 7.81. The molecule has 0 amide bonds. The Bertz CT molecular complexity index is 159. The van der Waals surface area contributed by atoms with Gasteiger partial charge in [0.05, 0.1) is 37.4 Å². The predicted molar refractivity (Wildman–Crippen MR) is 76.6 cm³/mol. The lowest BCUT2D eigenvalue weighted by Gasteiger charge is -2.05. The van der Waals surface area contributed by atoms with Gasteiger partial charge in [-0.25, -0.2) is 8.93 Å². The Balaban J connectivity index is -0.000000124. The molecule has 6 nitrogen and oxygen atoms in total. The number of ether oxygens (including phenoxy) is 2. The fourth-order valence-electron chi connectivity index (χ4n) is 0.735. The molecule has 1 atom stereocenters. The van der Waals surface area contributed by atoms with Gasteiger partial charge in [0, 0.05) is 21.7 Å². The molecule has 0 rings (SSSR count). The Hall–Kier alpha value is -0.0500. The van der Waals surface area contributed by atoms with Gasteiger partial charge in [-0.15, -0.1) is 0 Å². The van der Waals surface area contributed by atoms with Crippen molar-refractivity contribution < 1.29 is 22.0 Å². The molecule has 112 valence electrons. The minimum Gasteiger partial charge on any atom is -0.412 e. The van der Waals surface area contributed by atoms with Crippen LogP contribution < -0.4 is 10.5 Å². The lowest BCUT2D eigenvalue weighted by molar-refractivity contribution is 0.0531. The van der Waals surface area contributed by atoms with Crippen molar-refractivity contribution in [3.05, 3.63) is 0 Å². The third kappa shape index (κ3) is 21.7. The monoisotopic (exact) mass is 276 g/mol. The summed E-state index contributed by atoms with van der Waals surface area (Å²) in [7, 11) is -0.915. The summed E-state index contributed by atoms with van der Waals surface area (Å²) in [5, 5.41) is 0. The van der Waals surface area contributed by atoms with Crippen LogP contribution in [0.1, 0.15) is 23.6 Å². The third-order valence-electron chi connectivity index (χ3n) is 1.41. The molecule has 0 bridgehead atoms. The lowest BCUT2D eigenvalue weighted by atomic mass is 10.7. The molecular formula is C10H32N2O4S. The van der Waals surface area contributed by atoms with Crippen molar-refractivity contribution >= 4 is 11.0 Å². The highest BCUT2D eigenvalue weighted by atomic mass is 32.2. The van der Waals surface area contributed by atoms with E-state index >= 15 is 0 Å². The predicted octanol–water partition coefficient (Wildman–Crippen LogP) is -0.0550. The van der Waals surface area contributed by atoms with Crippen LogP contribution in [0.25, 0.3) is 0 Å². The Labute approximate surface area is 110 Å². The molecule has 0 aliphatic rings. The molecule has 0 aromatic heterocycles. The van der Waals surface area contributed by atoms with E-state index in [-0.39, 0.29) is 8.33 Å². The highest BCUT2D eigenvalue weighted by Gasteiger charge is 1.93. The van der Waals surface area contributed by atoms with Gasteiger partial charge in [-0.3, -0.25) is 0 Å². The van der Waals surface area contributed by atoms with E-state index in [2.05, 4.69) is 4.72 Å². The number of nitrogens with two attached hydrogens (primary N) is 1. The van der Waals surface area contributed by atoms with Crippen molar-refractivity contribution in [2.24, 2.45) is 5.73 Å². The van der Waals surface area contributed by atoms with Crippen molar-refractivity contribution in [3.63, 3.8) is 0 Å². The van der Waals surface area contributed by atoms with E-state index < -0.39 is 11.0 Å². The van der Waals surface area contributed by atoms with Crippen LogP contribution >= 0.6 is 0 Å². The molecule has 1 unspecified atom stereocenters. The minimum atomic E-state index is -0.915. The Kier molecular flexibility index (Phi) is 27.7. The van der Waals surface area contributed by atoms with Crippen molar-refractivity contribution in [1.29, 1.82) is 0 Å². The van der Waals surface area contributed by atoms with E-state index in [0.29, 0.717) is 45.3 Å². The normalized spacial score (nSPS) is 11.1. The van der Waals surface area contributed by atoms with E-state index in [1.165, 1.54) is 0 Å². The molecule has 0 radical (unpaired) electrons. The van der Waals surface area contributed by atoms with Crippen molar-refractivity contribution in [3.8, 4) is 0 Å². The SMILES string of the molecule is CC.CCS(=O)NCCOCCOCCN.O.[HH].[HH]. The van der Waals surface area contributed by atoms with Crippen LogP contribution in [0, 0.1) is 0 Å². The molecule has 17 heavy (non-hydrogen) atoms. The molecular weight excluding hydrogens is 244 g/mol. The number of rotatable bonds is 10. The average Bonchev–Trinajstić information content (AvgIpc) is 2.34. The summed E-state index contributed by atoms with van der Waals surface area (Å²) >= 11 is 0. The molecule has 0 aliphatic heterocycles. The van der Waals surface area contributed by atoms with E-state index in [1.807, 2.05) is 20.8 Å². The van der Waals surface area contributed by atoms with Crippen LogP contribution in [-0.4, -0.2) is 55.0 Å². The molecule has 0 aliphatic carbocycles. The Morgan fingerprint density at radius 2 is 1.71 bits per heavy atom. The number of nitrogens with one attached hydrogen (secondary N) is 1. The van der Waals surface area contributed by atoms with Crippen LogP contribution in [0.3, 0.4) is 0 Å². The first-order valence-corrected chi connectivity index (χ1v) is 7.10. The number of hydrogen-bond donors (Lipinski definition) is 2. The largest absolute Gasteiger partial charge is 0.412 e. The van der Waals surface area contributed by atoms with Gasteiger partial charge < -0.3 is 20.7 Å². The summed E-state index contributed by atoms with van der Waals surface area (Å²) < 4.78 is 24.0. The molecule has 0 aromatic rings. The fraction of sp³-hybridized carbons (Fsp3) is 1.00. The maximum Gasteiger partial charge on any atom is 0.0913 e. The molecule has 0 spiro atoms. The molecule has 0 saturated carbocycles. The van der Waals surface area contributed by atoms with Crippen molar-refractivity contribution in [1.82, 2.24) is 4.72 Å². The van der Waals surface area contributed by atoms with Crippen LogP contribution in [0.5, 0.6) is 0 Å². The summed E-state index contributed by atoms with van der Waals surface area (Å²) in [6.45, 7) is 9.26. The molecule has 0 fully saturated rings. The Morgan fingerprint density at radius 1 is 1.18 bits per heavy atom. The van der Waals surface area contributed by atoms with Crippen LogP contribution in [-0.2, 0) is 20.5 Å². The van der Waals surface area contributed by atoms with Crippen molar-refractivity contribution in [2.75, 3.05) is 45.3 Å². The topological polar surface area (TPSA) is 105 Å². The maximum atomic E-state index is 10.9. The van der Waals surface area contributed by atoms with E-state index in [1.54, 1.807) is 0 Å². The lowest BCUT2D eigenvalue weighted by Crippen LogP contribution is -2.24. The highest BCUT2D eigenvalue weighted by molar-refractivity contribution is 7.82. The smallest absolute Gasteiger partial charge is 0.0913 e. The average molecular weight is 276 g/mol. The zero-order chi connectivity index (χ0) is 12.6. The molecule has 5 N–H and O–H groups in total. The summed E-state index contributed by atoms with van der Waals surface area (Å²) in [4.78, 5) is 0. The highest BCUT2D eigenvalue weighted by Crippen LogP contribution is 1.78. The molecule has 7 heteroatoms. The van der Waals surface area contributed by atoms with Crippen LogP contribution in [0.15, 0.2) is 0 Å². The summed E-state index contributed by atoms with van der Waals surface area (Å²) in [5.74, 6) is 0.625. The third-order valence-corrected chi connectivity index (χ3v) is 2.46. The van der Waals surface area contributed by atoms with E-state index in [4.69, 9.17) is 15.2 Å². The summed E-state index contributed by atoms with van der Waals surface area (Å²) in [5.41, 5.74) is 5.23. The number of hydrogen-bond acceptors (Lipinski definition) is 4. The Morgan fingerprint density at radius 3 is 2.18 bits per heavy atom. The van der Waals surface area contributed by atoms with Gasteiger partial charge in [-0.05, 0) is 0 Å². The second kappa shape index (κ2) is 21.3.